The van der Waals surface area contributed by atoms with Gasteiger partial charge in [0, 0.05) is 10.7 Å². The minimum Gasteiger partial charge on any atom is -0.494 e. The lowest BCUT2D eigenvalue weighted by Crippen LogP contribution is -2.15. The van der Waals surface area contributed by atoms with Crippen LogP contribution in [0.3, 0.4) is 0 Å². The van der Waals surface area contributed by atoms with E-state index >= 15 is 0 Å². The number of halogens is 3. The molecule has 1 amide bonds. The lowest BCUT2D eigenvalue weighted by Gasteiger charge is -2.11. The van der Waals surface area contributed by atoms with E-state index in [1.807, 2.05) is 6.92 Å². The first-order valence-electron chi connectivity index (χ1n) is 9.01. The molecule has 0 aliphatic heterocycles. The maximum atomic E-state index is 14.5. The van der Waals surface area contributed by atoms with Gasteiger partial charge in [0.05, 0.1) is 27.8 Å². The number of anilines is 2. The van der Waals surface area contributed by atoms with Gasteiger partial charge >= 0.3 is 0 Å². The molecule has 0 bridgehead atoms. The van der Waals surface area contributed by atoms with Crippen molar-refractivity contribution in [3.63, 3.8) is 0 Å². The Morgan fingerprint density at radius 3 is 2.35 bits per heavy atom. The molecule has 6 nitrogen and oxygen atoms in total. The van der Waals surface area contributed by atoms with Crippen LogP contribution in [0.5, 0.6) is 5.75 Å². The van der Waals surface area contributed by atoms with Gasteiger partial charge in [-0.25, -0.2) is 12.8 Å². The van der Waals surface area contributed by atoms with Gasteiger partial charge in [0.15, 0.2) is 0 Å². The standard InChI is InChI=1S/C21H17Cl2FN2O4S/c1-2-30-15-6-4-14(5-7-15)26-31(28,29)16-8-10-20(19(24)12-16)25-21(27)17-9-3-13(22)11-18(17)23/h3-12,26H,2H2,1H3,(H,25,27). The Bertz CT molecular complexity index is 1220. The zero-order chi connectivity index (χ0) is 22.6. The Kier molecular flexibility index (Phi) is 7.04. The second-order valence-corrected chi connectivity index (χ2v) is 8.81. The quantitative estimate of drug-likeness (QED) is 0.459. The number of carbonyl (C=O) groups excluding carboxylic acids is 1. The molecule has 0 radical (unpaired) electrons. The smallest absolute Gasteiger partial charge is 0.261 e. The van der Waals surface area contributed by atoms with Crippen LogP contribution in [0.2, 0.25) is 10.0 Å². The zero-order valence-corrected chi connectivity index (χ0v) is 18.5. The number of rotatable bonds is 7. The first kappa shape index (κ1) is 22.9. The van der Waals surface area contributed by atoms with Crippen molar-refractivity contribution in [2.75, 3.05) is 16.6 Å². The summed E-state index contributed by atoms with van der Waals surface area (Å²) in [6.45, 7) is 2.32. The van der Waals surface area contributed by atoms with Gasteiger partial charge < -0.3 is 10.1 Å². The SMILES string of the molecule is CCOc1ccc(NS(=O)(=O)c2ccc(NC(=O)c3ccc(Cl)cc3Cl)c(F)c2)cc1. The van der Waals surface area contributed by atoms with Crippen LogP contribution < -0.4 is 14.8 Å². The molecule has 0 aliphatic carbocycles. The molecule has 162 valence electrons. The Hall–Kier alpha value is -2.81. The van der Waals surface area contributed by atoms with Crippen LogP contribution in [0, 0.1) is 5.82 Å². The molecule has 0 fully saturated rings. The van der Waals surface area contributed by atoms with Crippen molar-refractivity contribution in [1.82, 2.24) is 0 Å². The summed E-state index contributed by atoms with van der Waals surface area (Å²) in [4.78, 5) is 12.0. The van der Waals surface area contributed by atoms with E-state index in [0.717, 1.165) is 12.1 Å². The molecule has 0 heterocycles. The summed E-state index contributed by atoms with van der Waals surface area (Å²) in [5.41, 5.74) is 0.189. The van der Waals surface area contributed by atoms with Crippen molar-refractivity contribution in [2.45, 2.75) is 11.8 Å². The summed E-state index contributed by atoms with van der Waals surface area (Å²) in [5, 5.41) is 2.81. The fraction of sp³-hybridized carbons (Fsp3) is 0.0952. The largest absolute Gasteiger partial charge is 0.494 e. The average Bonchev–Trinajstić information content (AvgIpc) is 2.70. The van der Waals surface area contributed by atoms with E-state index < -0.39 is 21.7 Å². The zero-order valence-electron chi connectivity index (χ0n) is 16.2. The van der Waals surface area contributed by atoms with Crippen molar-refractivity contribution >= 4 is 50.5 Å². The number of hydrogen-bond donors (Lipinski definition) is 2. The van der Waals surface area contributed by atoms with Crippen molar-refractivity contribution < 1.29 is 22.3 Å². The average molecular weight is 483 g/mol. The fourth-order valence-electron chi connectivity index (χ4n) is 2.63. The molecule has 10 heteroatoms. The van der Waals surface area contributed by atoms with E-state index in [-0.39, 0.29) is 21.2 Å². The number of hydrogen-bond acceptors (Lipinski definition) is 4. The van der Waals surface area contributed by atoms with Gasteiger partial charge in [0.2, 0.25) is 0 Å². The van der Waals surface area contributed by atoms with E-state index in [4.69, 9.17) is 27.9 Å². The molecule has 3 aromatic rings. The number of nitrogens with one attached hydrogen (secondary N) is 2. The van der Waals surface area contributed by atoms with Gasteiger partial charge in [-0.15, -0.1) is 0 Å². The van der Waals surface area contributed by atoms with Gasteiger partial charge in [-0.1, -0.05) is 23.2 Å². The van der Waals surface area contributed by atoms with E-state index in [0.29, 0.717) is 23.1 Å². The third-order valence-corrected chi connectivity index (χ3v) is 6.02. The monoisotopic (exact) mass is 482 g/mol. The molecule has 31 heavy (non-hydrogen) atoms. The van der Waals surface area contributed by atoms with Crippen LogP contribution in [0.4, 0.5) is 15.8 Å². The number of benzene rings is 3. The van der Waals surface area contributed by atoms with Gasteiger partial charge in [-0.05, 0) is 67.6 Å². The summed E-state index contributed by atoms with van der Waals surface area (Å²) >= 11 is 11.8. The maximum Gasteiger partial charge on any atom is 0.261 e. The molecule has 0 unspecified atom stereocenters. The summed E-state index contributed by atoms with van der Waals surface area (Å²) in [5.74, 6) is -0.992. The van der Waals surface area contributed by atoms with Crippen LogP contribution in [0.15, 0.2) is 65.6 Å². The molecular formula is C21H17Cl2FN2O4S. The van der Waals surface area contributed by atoms with Crippen LogP contribution in [0.25, 0.3) is 0 Å². The molecule has 0 aliphatic rings. The predicted octanol–water partition coefficient (Wildman–Crippen LogP) is 5.58. The molecule has 2 N–H and O–H groups in total. The minimum atomic E-state index is -4.05. The van der Waals surface area contributed by atoms with Crippen LogP contribution in [0.1, 0.15) is 17.3 Å². The second kappa shape index (κ2) is 9.55. The molecule has 0 saturated heterocycles. The van der Waals surface area contributed by atoms with Crippen molar-refractivity contribution in [3.8, 4) is 5.75 Å². The van der Waals surface area contributed by atoms with Crippen LogP contribution in [-0.4, -0.2) is 20.9 Å². The second-order valence-electron chi connectivity index (χ2n) is 6.28. The third-order valence-electron chi connectivity index (χ3n) is 4.09. The highest BCUT2D eigenvalue weighted by Crippen LogP contribution is 2.25. The normalized spacial score (nSPS) is 11.1. The first-order chi connectivity index (χ1) is 14.7. The van der Waals surface area contributed by atoms with Crippen molar-refractivity contribution in [3.05, 3.63) is 82.1 Å². The third kappa shape index (κ3) is 5.66. The number of carbonyl (C=O) groups is 1. The maximum absolute atomic E-state index is 14.5. The first-order valence-corrected chi connectivity index (χ1v) is 11.2. The predicted molar refractivity (Wildman–Crippen MR) is 119 cm³/mol. The lowest BCUT2D eigenvalue weighted by atomic mass is 10.2. The molecule has 3 rings (SSSR count). The molecule has 0 saturated carbocycles. The number of sulfonamides is 1. The Balaban J connectivity index is 1.76. The van der Waals surface area contributed by atoms with E-state index in [9.17, 15) is 17.6 Å². The summed E-state index contributed by atoms with van der Waals surface area (Å²) < 4.78 is 47.3. The highest BCUT2D eigenvalue weighted by Gasteiger charge is 2.18. The number of ether oxygens (including phenoxy) is 1. The molecule has 0 aromatic heterocycles. The Morgan fingerprint density at radius 1 is 1.03 bits per heavy atom. The highest BCUT2D eigenvalue weighted by molar-refractivity contribution is 7.92. The molecule has 0 spiro atoms. The van der Waals surface area contributed by atoms with Gasteiger partial charge in [0.25, 0.3) is 15.9 Å². The van der Waals surface area contributed by atoms with Gasteiger partial charge in [-0.3, -0.25) is 9.52 Å². The van der Waals surface area contributed by atoms with Gasteiger partial charge in [-0.2, -0.15) is 0 Å². The summed E-state index contributed by atoms with van der Waals surface area (Å²) in [6.07, 6.45) is 0. The topological polar surface area (TPSA) is 84.5 Å². The Labute approximate surface area is 189 Å². The highest BCUT2D eigenvalue weighted by atomic mass is 35.5. The molecule has 0 atom stereocenters. The van der Waals surface area contributed by atoms with E-state index in [1.54, 1.807) is 12.1 Å². The Morgan fingerprint density at radius 2 is 1.74 bits per heavy atom. The molecule has 3 aromatic carbocycles. The minimum absolute atomic E-state index is 0.0966. The summed E-state index contributed by atoms with van der Waals surface area (Å²) in [7, 11) is -4.05. The summed E-state index contributed by atoms with van der Waals surface area (Å²) in [6, 6.07) is 13.7. The van der Waals surface area contributed by atoms with Gasteiger partial charge in [0.1, 0.15) is 11.6 Å². The van der Waals surface area contributed by atoms with E-state index in [2.05, 4.69) is 10.0 Å². The fourth-order valence-corrected chi connectivity index (χ4v) is 4.19. The lowest BCUT2D eigenvalue weighted by molar-refractivity contribution is 0.102. The number of amides is 1. The van der Waals surface area contributed by atoms with Crippen molar-refractivity contribution in [1.29, 1.82) is 0 Å². The van der Waals surface area contributed by atoms with Crippen LogP contribution in [-0.2, 0) is 10.0 Å². The molecular weight excluding hydrogens is 466 g/mol. The van der Waals surface area contributed by atoms with Crippen LogP contribution >= 0.6 is 23.2 Å². The van der Waals surface area contributed by atoms with E-state index in [1.165, 1.54) is 36.4 Å². The van der Waals surface area contributed by atoms with Crippen molar-refractivity contribution in [2.24, 2.45) is 0 Å².